The molecule has 0 saturated carbocycles. The Bertz CT molecular complexity index is 725. The van der Waals surface area contributed by atoms with E-state index in [1.54, 1.807) is 0 Å². The molecule has 1 heterocycles. The van der Waals surface area contributed by atoms with Gasteiger partial charge in [0.2, 0.25) is 5.52 Å². The lowest BCUT2D eigenvalue weighted by atomic mass is 10.1. The second-order valence-electron chi connectivity index (χ2n) is 5.22. The van der Waals surface area contributed by atoms with Crippen molar-refractivity contribution in [3.8, 4) is 0 Å². The summed E-state index contributed by atoms with van der Waals surface area (Å²) < 4.78 is 22.1. The topological polar surface area (TPSA) is 164 Å². The first kappa shape index (κ1) is 18.9. The molecule has 138 valence electrons. The third-order valence-electron chi connectivity index (χ3n) is 3.39. The highest BCUT2D eigenvalue weighted by molar-refractivity contribution is 5.93. The number of anilines is 1. The van der Waals surface area contributed by atoms with Crippen LogP contribution in [0, 0.1) is 10.1 Å². The highest BCUT2D eigenvalue weighted by Gasteiger charge is 2.29. The number of hydrogen-bond donors (Lipinski definition) is 4. The average molecular weight is 360 g/mol. The van der Waals surface area contributed by atoms with Crippen LogP contribution in [0.1, 0.15) is 6.92 Å². The summed E-state index contributed by atoms with van der Waals surface area (Å²) in [6.45, 7) is -0.121. The summed E-state index contributed by atoms with van der Waals surface area (Å²) in [4.78, 5) is 10.3. The van der Waals surface area contributed by atoms with Crippen molar-refractivity contribution >= 4 is 22.4 Å². The SMILES string of the molecule is CC(O)OC(CF)[C@H](O)C(O)CNc1ccc([N+](=O)[O-])c2nonc12. The van der Waals surface area contributed by atoms with Crippen LogP contribution in [0.15, 0.2) is 16.8 Å². The molecule has 0 aliphatic heterocycles. The molecule has 0 bridgehead atoms. The fraction of sp³-hybridized carbons (Fsp3) is 0.538. The molecule has 0 saturated heterocycles. The van der Waals surface area contributed by atoms with Crippen molar-refractivity contribution in [1.29, 1.82) is 0 Å². The quantitative estimate of drug-likeness (QED) is 0.271. The Hall–Kier alpha value is -2.41. The van der Waals surface area contributed by atoms with Gasteiger partial charge in [0.25, 0.3) is 0 Å². The van der Waals surface area contributed by atoms with Gasteiger partial charge in [0.1, 0.15) is 18.9 Å². The lowest BCUT2D eigenvalue weighted by molar-refractivity contribution is -0.383. The molecule has 1 aromatic heterocycles. The average Bonchev–Trinajstić information content (AvgIpc) is 3.05. The number of aliphatic hydroxyl groups is 3. The van der Waals surface area contributed by atoms with Crippen LogP contribution in [-0.4, -0.2) is 68.4 Å². The van der Waals surface area contributed by atoms with Gasteiger partial charge >= 0.3 is 5.69 Å². The van der Waals surface area contributed by atoms with Gasteiger partial charge in [-0.3, -0.25) is 10.1 Å². The highest BCUT2D eigenvalue weighted by Crippen LogP contribution is 2.28. The predicted molar refractivity (Wildman–Crippen MR) is 81.5 cm³/mol. The summed E-state index contributed by atoms with van der Waals surface area (Å²) in [5, 5.41) is 49.6. The maximum absolute atomic E-state index is 12.9. The number of halogens is 1. The van der Waals surface area contributed by atoms with Gasteiger partial charge in [-0.2, -0.15) is 0 Å². The molecular weight excluding hydrogens is 343 g/mol. The number of nitrogens with zero attached hydrogens (tertiary/aromatic N) is 3. The van der Waals surface area contributed by atoms with E-state index in [4.69, 9.17) is 9.84 Å². The van der Waals surface area contributed by atoms with E-state index in [0.29, 0.717) is 0 Å². The number of rotatable bonds is 9. The molecule has 2 aromatic rings. The van der Waals surface area contributed by atoms with E-state index in [0.717, 1.165) is 0 Å². The first-order valence-electron chi connectivity index (χ1n) is 7.24. The number of fused-ring (bicyclic) bond motifs is 1. The molecule has 4 N–H and O–H groups in total. The molecule has 4 atom stereocenters. The van der Waals surface area contributed by atoms with Crippen molar-refractivity contribution in [1.82, 2.24) is 10.3 Å². The third kappa shape index (κ3) is 4.36. The van der Waals surface area contributed by atoms with Crippen LogP contribution in [0.5, 0.6) is 0 Å². The van der Waals surface area contributed by atoms with Crippen molar-refractivity contribution in [2.75, 3.05) is 18.5 Å². The van der Waals surface area contributed by atoms with E-state index in [2.05, 4.69) is 20.3 Å². The Balaban J connectivity index is 2.08. The lowest BCUT2D eigenvalue weighted by Gasteiger charge is -2.26. The number of aliphatic hydroxyl groups excluding tert-OH is 3. The Labute approximate surface area is 140 Å². The summed E-state index contributed by atoms with van der Waals surface area (Å²) >= 11 is 0. The summed E-state index contributed by atoms with van der Waals surface area (Å²) in [7, 11) is 0. The fourth-order valence-corrected chi connectivity index (χ4v) is 2.19. The molecule has 0 radical (unpaired) electrons. The van der Waals surface area contributed by atoms with Gasteiger partial charge < -0.3 is 25.4 Å². The monoisotopic (exact) mass is 360 g/mol. The van der Waals surface area contributed by atoms with E-state index < -0.39 is 36.2 Å². The van der Waals surface area contributed by atoms with Gasteiger partial charge in [-0.1, -0.05) is 0 Å². The van der Waals surface area contributed by atoms with Crippen LogP contribution in [0.4, 0.5) is 15.8 Å². The first-order valence-corrected chi connectivity index (χ1v) is 7.24. The second-order valence-corrected chi connectivity index (χ2v) is 5.22. The van der Waals surface area contributed by atoms with Crippen LogP contribution < -0.4 is 5.32 Å². The largest absolute Gasteiger partial charge is 0.388 e. The molecule has 12 heteroatoms. The van der Waals surface area contributed by atoms with Gasteiger partial charge in [-0.15, -0.1) is 0 Å². The maximum atomic E-state index is 12.9. The van der Waals surface area contributed by atoms with E-state index >= 15 is 0 Å². The molecule has 0 spiro atoms. The number of non-ortho nitro benzene ring substituents is 1. The molecule has 0 amide bonds. The van der Waals surface area contributed by atoms with Crippen molar-refractivity contribution in [3.05, 3.63) is 22.2 Å². The van der Waals surface area contributed by atoms with Gasteiger partial charge in [0.05, 0.1) is 16.7 Å². The van der Waals surface area contributed by atoms with Crippen LogP contribution >= 0.6 is 0 Å². The van der Waals surface area contributed by atoms with Crippen molar-refractivity contribution in [3.63, 3.8) is 0 Å². The number of aromatic nitrogens is 2. The molecule has 0 aliphatic rings. The molecule has 25 heavy (non-hydrogen) atoms. The minimum atomic E-state index is -1.61. The number of nitro groups is 1. The van der Waals surface area contributed by atoms with Crippen LogP contribution in [0.2, 0.25) is 0 Å². The molecule has 0 aliphatic carbocycles. The number of nitro benzene ring substituents is 1. The Morgan fingerprint density at radius 3 is 2.64 bits per heavy atom. The molecule has 11 nitrogen and oxygen atoms in total. The van der Waals surface area contributed by atoms with Crippen LogP contribution in [0.3, 0.4) is 0 Å². The lowest BCUT2D eigenvalue weighted by Crippen LogP contribution is -2.44. The van der Waals surface area contributed by atoms with Crippen LogP contribution in [0.25, 0.3) is 11.0 Å². The van der Waals surface area contributed by atoms with Crippen molar-refractivity contribution in [2.24, 2.45) is 0 Å². The minimum Gasteiger partial charge on any atom is -0.388 e. The first-order chi connectivity index (χ1) is 11.8. The van der Waals surface area contributed by atoms with E-state index in [9.17, 15) is 24.7 Å². The highest BCUT2D eigenvalue weighted by atomic mass is 19.1. The minimum absolute atomic E-state index is 0.0677. The predicted octanol–water partition coefficient (Wildman–Crippen LogP) is -0.0423. The van der Waals surface area contributed by atoms with Gasteiger partial charge in [-0.05, 0) is 23.3 Å². The van der Waals surface area contributed by atoms with Crippen molar-refractivity contribution < 1.29 is 34.0 Å². The Kier molecular flexibility index (Phi) is 6.14. The normalized spacial score (nSPS) is 16.4. The van der Waals surface area contributed by atoms with Gasteiger partial charge in [-0.25, -0.2) is 9.02 Å². The van der Waals surface area contributed by atoms with Gasteiger partial charge in [0, 0.05) is 12.6 Å². The zero-order valence-corrected chi connectivity index (χ0v) is 13.1. The molecule has 3 unspecified atom stereocenters. The van der Waals surface area contributed by atoms with Gasteiger partial charge in [0.15, 0.2) is 11.8 Å². The maximum Gasteiger partial charge on any atom is 0.300 e. The molecule has 0 fully saturated rings. The molecule has 1 aromatic carbocycles. The van der Waals surface area contributed by atoms with E-state index in [1.165, 1.54) is 19.1 Å². The van der Waals surface area contributed by atoms with E-state index in [-0.39, 0.29) is 29.0 Å². The summed E-state index contributed by atoms with van der Waals surface area (Å²) in [6.07, 6.45) is -5.80. The summed E-state index contributed by atoms with van der Waals surface area (Å²) in [5.74, 6) is 0. The smallest absolute Gasteiger partial charge is 0.300 e. The second kappa shape index (κ2) is 8.11. The fourth-order valence-electron chi connectivity index (χ4n) is 2.19. The third-order valence-corrected chi connectivity index (χ3v) is 3.39. The number of ether oxygens (including phenoxy) is 1. The standard InChI is InChI=1S/C13H17FN4O7/c1-6(19)24-10(4-14)13(21)9(20)5-15-7-2-3-8(18(22)23)12-11(7)16-25-17-12/h2-3,6,9-10,13,15,19-21H,4-5H2,1H3/t6?,9?,10?,13-/m1/s1. The Morgan fingerprint density at radius 1 is 1.36 bits per heavy atom. The van der Waals surface area contributed by atoms with E-state index in [1.807, 2.05) is 0 Å². The number of alkyl halides is 1. The number of hydrogen-bond acceptors (Lipinski definition) is 10. The van der Waals surface area contributed by atoms with Crippen LogP contribution in [-0.2, 0) is 4.74 Å². The zero-order chi connectivity index (χ0) is 18.6. The number of nitrogens with one attached hydrogen (secondary N) is 1. The number of benzene rings is 1. The summed E-state index contributed by atoms with van der Waals surface area (Å²) in [5.41, 5.74) is -0.0474. The zero-order valence-electron chi connectivity index (χ0n) is 13.1. The summed E-state index contributed by atoms with van der Waals surface area (Å²) in [6, 6.07) is 2.52. The molecular formula is C13H17FN4O7. The Morgan fingerprint density at radius 2 is 2.04 bits per heavy atom. The molecule has 2 rings (SSSR count). The van der Waals surface area contributed by atoms with Crippen molar-refractivity contribution in [2.45, 2.75) is 31.5 Å².